The summed E-state index contributed by atoms with van der Waals surface area (Å²) in [5, 5.41) is 22.5. The molecule has 0 unspecified atom stereocenters. The van der Waals surface area contributed by atoms with E-state index in [1.165, 1.54) is 0 Å². The van der Waals surface area contributed by atoms with Crippen LogP contribution in [0.15, 0.2) is 48.8 Å². The molecule has 0 aliphatic heterocycles. The predicted molar refractivity (Wildman–Crippen MR) is 85.6 cm³/mol. The van der Waals surface area contributed by atoms with E-state index in [1.807, 2.05) is 28.8 Å². The van der Waals surface area contributed by atoms with Gasteiger partial charge in [0.1, 0.15) is 5.75 Å². The second kappa shape index (κ2) is 6.78. The van der Waals surface area contributed by atoms with Gasteiger partial charge in [-0.25, -0.2) is 0 Å². The third kappa shape index (κ3) is 3.49. The number of tetrazole rings is 1. The highest BCUT2D eigenvalue weighted by atomic mass is 16.5. The third-order valence-corrected chi connectivity index (χ3v) is 3.40. The molecule has 2 heterocycles. The lowest BCUT2D eigenvalue weighted by Gasteiger charge is -2.04. The Labute approximate surface area is 137 Å². The van der Waals surface area contributed by atoms with Gasteiger partial charge in [0.2, 0.25) is 5.82 Å². The van der Waals surface area contributed by atoms with E-state index in [2.05, 4.69) is 20.6 Å². The second-order valence-electron chi connectivity index (χ2n) is 5.05. The molecular formula is C16H15N5O3. The normalized spacial score (nSPS) is 11.5. The van der Waals surface area contributed by atoms with E-state index in [1.54, 1.807) is 25.6 Å². The predicted octanol–water partition coefficient (Wildman–Crippen LogP) is 1.84. The smallest absolute Gasteiger partial charge is 0.239 e. The molecule has 0 atom stereocenters. The van der Waals surface area contributed by atoms with Crippen LogP contribution in [0.1, 0.15) is 21.7 Å². The molecule has 0 fully saturated rings. The summed E-state index contributed by atoms with van der Waals surface area (Å²) in [6, 6.07) is 9.38. The zero-order valence-electron chi connectivity index (χ0n) is 12.9. The molecule has 2 aromatic heterocycles. The number of allylic oxidation sites excluding steroid dienone is 1. The number of aromatic nitrogens is 5. The van der Waals surface area contributed by atoms with Crippen molar-refractivity contribution < 1.29 is 14.6 Å². The number of hydrogen-bond donors (Lipinski definition) is 2. The van der Waals surface area contributed by atoms with E-state index in [0.717, 1.165) is 17.4 Å². The maximum absolute atomic E-state index is 12.1. The van der Waals surface area contributed by atoms with E-state index in [4.69, 9.17) is 4.74 Å². The Morgan fingerprint density at radius 1 is 1.33 bits per heavy atom. The van der Waals surface area contributed by atoms with E-state index >= 15 is 0 Å². The van der Waals surface area contributed by atoms with Gasteiger partial charge in [-0.3, -0.25) is 4.79 Å². The van der Waals surface area contributed by atoms with Gasteiger partial charge < -0.3 is 14.4 Å². The first-order valence-electron chi connectivity index (χ1n) is 7.13. The number of rotatable bonds is 6. The Morgan fingerprint density at radius 2 is 2.12 bits per heavy atom. The Kier molecular flexibility index (Phi) is 4.37. The molecular weight excluding hydrogens is 310 g/mol. The topological polar surface area (TPSA) is 106 Å². The van der Waals surface area contributed by atoms with Gasteiger partial charge in [0.05, 0.1) is 7.11 Å². The van der Waals surface area contributed by atoms with Crippen molar-refractivity contribution in [3.8, 4) is 5.75 Å². The molecule has 0 aliphatic rings. The van der Waals surface area contributed by atoms with Crippen molar-refractivity contribution in [1.82, 2.24) is 25.2 Å². The summed E-state index contributed by atoms with van der Waals surface area (Å²) in [5.74, 6) is 0.0904. The van der Waals surface area contributed by atoms with Gasteiger partial charge in [-0.2, -0.15) is 5.21 Å². The summed E-state index contributed by atoms with van der Waals surface area (Å²) in [5.41, 5.74) is 1.54. The second-order valence-corrected chi connectivity index (χ2v) is 5.05. The van der Waals surface area contributed by atoms with Crippen molar-refractivity contribution in [2.45, 2.75) is 6.54 Å². The first-order valence-corrected chi connectivity index (χ1v) is 7.13. The summed E-state index contributed by atoms with van der Waals surface area (Å²) in [6.07, 6.45) is 4.58. The minimum absolute atomic E-state index is 0.0268. The lowest BCUT2D eigenvalue weighted by molar-refractivity contribution is 0.104. The van der Waals surface area contributed by atoms with Crippen LogP contribution in [0.3, 0.4) is 0 Å². The fourth-order valence-electron chi connectivity index (χ4n) is 2.17. The lowest BCUT2D eigenvalue weighted by Crippen LogP contribution is -1.99. The summed E-state index contributed by atoms with van der Waals surface area (Å²) in [6.45, 7) is 0.623. The van der Waals surface area contributed by atoms with Gasteiger partial charge in [0.25, 0.3) is 0 Å². The average molecular weight is 325 g/mol. The largest absolute Gasteiger partial charge is 0.504 e. The Morgan fingerprint density at radius 3 is 2.79 bits per heavy atom. The molecule has 2 N–H and O–H groups in total. The third-order valence-electron chi connectivity index (χ3n) is 3.40. The zero-order valence-corrected chi connectivity index (χ0v) is 12.9. The molecule has 24 heavy (non-hydrogen) atoms. The van der Waals surface area contributed by atoms with Crippen LogP contribution in [-0.2, 0) is 6.54 Å². The number of aromatic amines is 1. The number of hydrogen-bond acceptors (Lipinski definition) is 6. The maximum atomic E-state index is 12.1. The monoisotopic (exact) mass is 325 g/mol. The molecule has 3 rings (SSSR count). The number of benzene rings is 1. The number of nitrogens with zero attached hydrogens (tertiary/aromatic N) is 4. The number of ketones is 1. The molecule has 8 nitrogen and oxygen atoms in total. The molecule has 0 radical (unpaired) electrons. The molecule has 1 aromatic carbocycles. The van der Waals surface area contributed by atoms with Crippen LogP contribution in [0, 0.1) is 0 Å². The van der Waals surface area contributed by atoms with Crippen LogP contribution < -0.4 is 4.74 Å². The number of H-pyrrole nitrogens is 1. The van der Waals surface area contributed by atoms with Gasteiger partial charge in [0, 0.05) is 30.6 Å². The van der Waals surface area contributed by atoms with Crippen molar-refractivity contribution >= 4 is 11.5 Å². The summed E-state index contributed by atoms with van der Waals surface area (Å²) >= 11 is 0. The van der Waals surface area contributed by atoms with Crippen LogP contribution in [0.5, 0.6) is 5.75 Å². The SMILES string of the molecule is COc1ccc(Cn2ccc(C(=O)C=C(O)c3nn[nH]n3)c2)cc1. The molecule has 3 aromatic rings. The van der Waals surface area contributed by atoms with Crippen LogP contribution in [0.2, 0.25) is 0 Å². The lowest BCUT2D eigenvalue weighted by atomic mass is 10.2. The molecule has 122 valence electrons. The number of nitrogens with one attached hydrogen (secondary N) is 1. The highest BCUT2D eigenvalue weighted by Crippen LogP contribution is 2.14. The number of carbonyl (C=O) groups excluding carboxylic acids is 1. The molecule has 0 amide bonds. The highest BCUT2D eigenvalue weighted by Gasteiger charge is 2.10. The number of aliphatic hydroxyl groups excluding tert-OH is 1. The minimum atomic E-state index is -0.342. The fraction of sp³-hybridized carbons (Fsp3) is 0.125. The van der Waals surface area contributed by atoms with Crippen molar-refractivity contribution in [2.75, 3.05) is 7.11 Å². The van der Waals surface area contributed by atoms with Crippen LogP contribution in [0.25, 0.3) is 5.76 Å². The Hall–Kier alpha value is -3.42. The van der Waals surface area contributed by atoms with Crippen molar-refractivity contribution in [3.63, 3.8) is 0 Å². The summed E-state index contributed by atoms with van der Waals surface area (Å²) < 4.78 is 7.01. The van der Waals surface area contributed by atoms with E-state index in [9.17, 15) is 9.90 Å². The first-order chi connectivity index (χ1) is 11.7. The molecule has 0 saturated carbocycles. The van der Waals surface area contributed by atoms with Gasteiger partial charge in [-0.1, -0.05) is 12.1 Å². The van der Waals surface area contributed by atoms with Crippen LogP contribution in [0.4, 0.5) is 0 Å². The molecule has 0 spiro atoms. The van der Waals surface area contributed by atoms with Crippen LogP contribution in [-0.4, -0.2) is 43.2 Å². The van der Waals surface area contributed by atoms with Gasteiger partial charge in [0.15, 0.2) is 11.5 Å². The van der Waals surface area contributed by atoms with E-state index < -0.39 is 0 Å². The Balaban J connectivity index is 1.70. The number of ether oxygens (including phenoxy) is 1. The van der Waals surface area contributed by atoms with E-state index in [0.29, 0.717) is 12.1 Å². The summed E-state index contributed by atoms with van der Waals surface area (Å²) in [7, 11) is 1.62. The van der Waals surface area contributed by atoms with E-state index in [-0.39, 0.29) is 17.4 Å². The molecule has 0 saturated heterocycles. The molecule has 8 heteroatoms. The maximum Gasteiger partial charge on any atom is 0.239 e. The zero-order chi connectivity index (χ0) is 16.9. The molecule has 0 bridgehead atoms. The standard InChI is InChI=1S/C16H15N5O3/c1-24-13-4-2-11(3-5-13)9-21-7-6-12(10-21)14(22)8-15(23)16-17-19-20-18-16/h2-8,10,23H,9H2,1H3,(H,17,18,19,20). The average Bonchev–Trinajstić information content (AvgIpc) is 3.27. The van der Waals surface area contributed by atoms with Gasteiger partial charge in [-0.15, -0.1) is 10.2 Å². The van der Waals surface area contributed by atoms with Crippen molar-refractivity contribution in [3.05, 3.63) is 65.8 Å². The minimum Gasteiger partial charge on any atom is -0.504 e. The highest BCUT2D eigenvalue weighted by molar-refractivity contribution is 6.07. The van der Waals surface area contributed by atoms with Gasteiger partial charge >= 0.3 is 0 Å². The quantitative estimate of drug-likeness (QED) is 0.407. The van der Waals surface area contributed by atoms with Crippen LogP contribution >= 0.6 is 0 Å². The fourth-order valence-corrected chi connectivity index (χ4v) is 2.17. The number of carbonyl (C=O) groups is 1. The van der Waals surface area contributed by atoms with Crippen molar-refractivity contribution in [1.29, 1.82) is 0 Å². The summed E-state index contributed by atoms with van der Waals surface area (Å²) in [4.78, 5) is 12.1. The Bertz CT molecular complexity index is 850. The number of aliphatic hydroxyl groups is 1. The molecule has 0 aliphatic carbocycles. The van der Waals surface area contributed by atoms with Gasteiger partial charge in [-0.05, 0) is 29.0 Å². The number of methoxy groups -OCH3 is 1. The van der Waals surface area contributed by atoms with Crippen molar-refractivity contribution in [2.24, 2.45) is 0 Å². The first kappa shape index (κ1) is 15.5.